The predicted molar refractivity (Wildman–Crippen MR) is 133 cm³/mol. The van der Waals surface area contributed by atoms with Gasteiger partial charge in [0.25, 0.3) is 0 Å². The van der Waals surface area contributed by atoms with Gasteiger partial charge in [0.15, 0.2) is 0 Å². The number of nitrogens with zero attached hydrogens (tertiary/aromatic N) is 2. The van der Waals surface area contributed by atoms with Gasteiger partial charge in [0.1, 0.15) is 0 Å². The summed E-state index contributed by atoms with van der Waals surface area (Å²) in [6.07, 6.45) is 1.87. The number of benzene rings is 2. The predicted octanol–water partition coefficient (Wildman–Crippen LogP) is 2.60. The van der Waals surface area contributed by atoms with E-state index in [2.05, 4.69) is 47.0 Å². The van der Waals surface area contributed by atoms with E-state index in [1.165, 1.54) is 22.9 Å². The van der Waals surface area contributed by atoms with E-state index in [4.69, 9.17) is 0 Å². The average Bonchev–Trinajstić information content (AvgIpc) is 3.00. The van der Waals surface area contributed by atoms with Crippen molar-refractivity contribution in [2.75, 3.05) is 42.9 Å². The van der Waals surface area contributed by atoms with Gasteiger partial charge in [0.05, 0.1) is 4.90 Å². The number of rotatable bonds is 6. The van der Waals surface area contributed by atoms with Gasteiger partial charge in [-0.25, -0.2) is 13.1 Å². The maximum absolute atomic E-state index is 12.8. The molecule has 0 saturated carbocycles. The molecule has 9 heteroatoms. The van der Waals surface area contributed by atoms with Crippen molar-refractivity contribution in [1.82, 2.24) is 9.62 Å². The molecule has 182 valence electrons. The number of anilines is 2. The first-order valence-corrected chi connectivity index (χ1v) is 13.2. The smallest absolute Gasteiger partial charge is 0.240 e. The third-order valence-electron chi connectivity index (χ3n) is 6.69. The summed E-state index contributed by atoms with van der Waals surface area (Å²) in [7, 11) is -3.74. The van der Waals surface area contributed by atoms with Gasteiger partial charge < -0.3 is 15.1 Å². The minimum Gasteiger partial charge on any atom is -0.368 e. The topological polar surface area (TPSA) is 98.8 Å². The monoisotopic (exact) mass is 484 g/mol. The Hall–Kier alpha value is -2.91. The zero-order chi connectivity index (χ0) is 24.3. The minimum atomic E-state index is -3.74. The second kappa shape index (κ2) is 10.1. The van der Waals surface area contributed by atoms with Gasteiger partial charge in [-0.1, -0.05) is 12.1 Å². The molecule has 34 heavy (non-hydrogen) atoms. The van der Waals surface area contributed by atoms with Crippen LogP contribution in [0.4, 0.5) is 11.4 Å². The number of hydrogen-bond donors (Lipinski definition) is 2. The number of aryl methyl sites for hydroxylation is 2. The Balaban J connectivity index is 1.29. The first-order valence-electron chi connectivity index (χ1n) is 11.8. The molecule has 2 aromatic carbocycles. The molecule has 2 heterocycles. The summed E-state index contributed by atoms with van der Waals surface area (Å²) < 4.78 is 28.1. The van der Waals surface area contributed by atoms with E-state index in [1.54, 1.807) is 17.0 Å². The molecule has 0 spiro atoms. The quantitative estimate of drug-likeness (QED) is 0.657. The lowest BCUT2D eigenvalue weighted by Gasteiger charge is -2.37. The van der Waals surface area contributed by atoms with E-state index in [9.17, 15) is 18.0 Å². The van der Waals surface area contributed by atoms with Gasteiger partial charge in [-0.3, -0.25) is 9.59 Å². The summed E-state index contributed by atoms with van der Waals surface area (Å²) in [4.78, 5) is 28.6. The molecule has 2 N–H and O–H groups in total. The number of sulfonamides is 1. The number of carbonyl (C=O) groups is 2. The maximum Gasteiger partial charge on any atom is 0.240 e. The van der Waals surface area contributed by atoms with Crippen LogP contribution in [0, 0.1) is 13.8 Å². The van der Waals surface area contributed by atoms with Crippen molar-refractivity contribution in [1.29, 1.82) is 0 Å². The van der Waals surface area contributed by atoms with Gasteiger partial charge in [-0.05, 0) is 67.6 Å². The van der Waals surface area contributed by atoms with E-state index in [0.717, 1.165) is 18.7 Å². The van der Waals surface area contributed by atoms with Crippen molar-refractivity contribution in [3.63, 3.8) is 0 Å². The molecule has 4 rings (SSSR count). The average molecular weight is 485 g/mol. The summed E-state index contributed by atoms with van der Waals surface area (Å²) >= 11 is 0. The molecule has 2 aliphatic rings. The van der Waals surface area contributed by atoms with Crippen LogP contribution in [0.2, 0.25) is 0 Å². The third kappa shape index (κ3) is 5.42. The van der Waals surface area contributed by atoms with Crippen molar-refractivity contribution in [2.45, 2.75) is 44.4 Å². The lowest BCUT2D eigenvalue weighted by molar-refractivity contribution is -0.131. The number of amides is 2. The van der Waals surface area contributed by atoms with Crippen LogP contribution in [0.1, 0.15) is 36.0 Å². The lowest BCUT2D eigenvalue weighted by Crippen LogP contribution is -2.49. The number of hydrogen-bond acceptors (Lipinski definition) is 5. The normalized spacial score (nSPS) is 16.6. The van der Waals surface area contributed by atoms with Crippen LogP contribution in [0.3, 0.4) is 0 Å². The van der Waals surface area contributed by atoms with Crippen molar-refractivity contribution in [2.24, 2.45) is 0 Å². The van der Waals surface area contributed by atoms with E-state index in [0.29, 0.717) is 38.0 Å². The fourth-order valence-corrected chi connectivity index (χ4v) is 5.61. The Labute approximate surface area is 201 Å². The Kier molecular flexibility index (Phi) is 7.23. The molecule has 8 nitrogen and oxygen atoms in total. The molecule has 0 aliphatic carbocycles. The SMILES string of the molecule is Cc1cccc(N2CCN(C(=O)CCNS(=O)(=O)c3ccc4c(c3)CCCC(=O)N4)CC2)c1C. The van der Waals surface area contributed by atoms with Crippen LogP contribution in [-0.4, -0.2) is 57.9 Å². The number of piperazine rings is 1. The number of nitrogens with one attached hydrogen (secondary N) is 2. The van der Waals surface area contributed by atoms with Crippen molar-refractivity contribution >= 4 is 33.2 Å². The summed E-state index contributed by atoms with van der Waals surface area (Å²) in [5.41, 5.74) is 5.20. The van der Waals surface area contributed by atoms with E-state index >= 15 is 0 Å². The Morgan fingerprint density at radius 3 is 2.59 bits per heavy atom. The zero-order valence-corrected chi connectivity index (χ0v) is 20.6. The van der Waals surface area contributed by atoms with Crippen LogP contribution in [0.25, 0.3) is 0 Å². The molecule has 0 atom stereocenters. The molecule has 0 unspecified atom stereocenters. The van der Waals surface area contributed by atoms with Gasteiger partial charge in [0.2, 0.25) is 21.8 Å². The molecule has 2 aliphatic heterocycles. The van der Waals surface area contributed by atoms with Crippen molar-refractivity contribution in [3.8, 4) is 0 Å². The van der Waals surface area contributed by atoms with Crippen LogP contribution in [0.5, 0.6) is 0 Å². The fourth-order valence-electron chi connectivity index (χ4n) is 4.53. The molecule has 1 fully saturated rings. The Bertz CT molecular complexity index is 1190. The second-order valence-corrected chi connectivity index (χ2v) is 10.7. The van der Waals surface area contributed by atoms with E-state index in [1.807, 2.05) is 0 Å². The van der Waals surface area contributed by atoms with Gasteiger partial charge in [-0.2, -0.15) is 0 Å². The van der Waals surface area contributed by atoms with Crippen LogP contribution >= 0.6 is 0 Å². The molecule has 2 aromatic rings. The molecule has 0 aromatic heterocycles. The first kappa shape index (κ1) is 24.2. The van der Waals surface area contributed by atoms with Crippen LogP contribution in [-0.2, 0) is 26.0 Å². The minimum absolute atomic E-state index is 0.0478. The lowest BCUT2D eigenvalue weighted by atomic mass is 10.1. The van der Waals surface area contributed by atoms with Gasteiger partial charge in [0, 0.05) is 56.9 Å². The van der Waals surface area contributed by atoms with Crippen molar-refractivity contribution in [3.05, 3.63) is 53.1 Å². The second-order valence-electron chi connectivity index (χ2n) is 8.96. The van der Waals surface area contributed by atoms with Gasteiger partial charge in [-0.15, -0.1) is 0 Å². The highest BCUT2D eigenvalue weighted by Crippen LogP contribution is 2.26. The summed E-state index contributed by atoms with van der Waals surface area (Å²) in [5, 5.41) is 2.81. The number of carbonyl (C=O) groups excluding carboxylic acids is 2. The van der Waals surface area contributed by atoms with E-state index in [-0.39, 0.29) is 29.7 Å². The van der Waals surface area contributed by atoms with Crippen LogP contribution in [0.15, 0.2) is 41.3 Å². The zero-order valence-electron chi connectivity index (χ0n) is 19.8. The molecular weight excluding hydrogens is 452 g/mol. The molecule has 1 saturated heterocycles. The van der Waals surface area contributed by atoms with Crippen LogP contribution < -0.4 is 14.9 Å². The highest BCUT2D eigenvalue weighted by Gasteiger charge is 2.23. The van der Waals surface area contributed by atoms with Crippen molar-refractivity contribution < 1.29 is 18.0 Å². The largest absolute Gasteiger partial charge is 0.368 e. The van der Waals surface area contributed by atoms with E-state index < -0.39 is 10.0 Å². The standard InChI is InChI=1S/C25H32N4O4S/c1-18-5-3-7-23(19(18)2)28-13-15-29(16-14-28)25(31)11-12-26-34(32,33)21-9-10-22-20(17-21)6-4-8-24(30)27-22/h3,5,7,9-10,17,26H,4,6,8,11-16H2,1-2H3,(H,27,30). The fraction of sp³-hybridized carbons (Fsp3) is 0.440. The van der Waals surface area contributed by atoms with Gasteiger partial charge >= 0.3 is 0 Å². The molecule has 0 bridgehead atoms. The summed E-state index contributed by atoms with van der Waals surface area (Å²) in [6.45, 7) is 7.02. The number of fused-ring (bicyclic) bond motifs is 1. The Morgan fingerprint density at radius 2 is 1.82 bits per heavy atom. The Morgan fingerprint density at radius 1 is 1.06 bits per heavy atom. The maximum atomic E-state index is 12.8. The first-order chi connectivity index (χ1) is 16.2. The third-order valence-corrected chi connectivity index (χ3v) is 8.15. The highest BCUT2D eigenvalue weighted by atomic mass is 32.2. The summed E-state index contributed by atoms with van der Waals surface area (Å²) in [5.74, 6) is -0.103. The highest BCUT2D eigenvalue weighted by molar-refractivity contribution is 7.89. The molecule has 0 radical (unpaired) electrons. The molecular formula is C25H32N4O4S. The summed E-state index contributed by atoms with van der Waals surface area (Å²) in [6, 6.07) is 11.0. The molecule has 2 amide bonds.